The zero-order valence-electron chi connectivity index (χ0n) is 16.7. The van der Waals surface area contributed by atoms with Gasteiger partial charge in [-0.15, -0.1) is 0 Å². The average Bonchev–Trinajstić information content (AvgIpc) is 2.65. The summed E-state index contributed by atoms with van der Waals surface area (Å²) in [6.07, 6.45) is -0.0660. The molecule has 0 aliphatic rings. The molecule has 0 saturated heterocycles. The van der Waals surface area contributed by atoms with Gasteiger partial charge in [-0.25, -0.2) is 4.79 Å². The summed E-state index contributed by atoms with van der Waals surface area (Å²) in [5.74, 6) is -0.385. The highest BCUT2D eigenvalue weighted by Gasteiger charge is 2.20. The quantitative estimate of drug-likeness (QED) is 0.547. The summed E-state index contributed by atoms with van der Waals surface area (Å²) in [7, 11) is 0. The lowest BCUT2D eigenvalue weighted by Gasteiger charge is -2.24. The van der Waals surface area contributed by atoms with Gasteiger partial charge in [-0.1, -0.05) is 30.3 Å². The average molecular weight is 399 g/mol. The van der Waals surface area contributed by atoms with Crippen molar-refractivity contribution >= 4 is 17.7 Å². The Kier molecular flexibility index (Phi) is 7.30. The minimum atomic E-state index is -0.636. The number of nitro benzene ring substituents is 1. The van der Waals surface area contributed by atoms with E-state index in [9.17, 15) is 19.7 Å². The van der Waals surface area contributed by atoms with Crippen molar-refractivity contribution in [3.05, 3.63) is 75.8 Å². The van der Waals surface area contributed by atoms with Crippen LogP contribution in [0, 0.1) is 10.1 Å². The third kappa shape index (κ3) is 7.61. The summed E-state index contributed by atoms with van der Waals surface area (Å²) >= 11 is 0. The molecule has 1 atom stereocenters. The first kappa shape index (κ1) is 21.9. The van der Waals surface area contributed by atoms with E-state index in [1.165, 1.54) is 24.3 Å². The highest BCUT2D eigenvalue weighted by atomic mass is 16.6. The van der Waals surface area contributed by atoms with Crippen LogP contribution in [0.1, 0.15) is 36.7 Å². The van der Waals surface area contributed by atoms with Crippen LogP contribution in [0.3, 0.4) is 0 Å². The van der Waals surface area contributed by atoms with Crippen LogP contribution in [0.15, 0.2) is 54.6 Å². The molecule has 0 saturated carbocycles. The Labute approximate surface area is 169 Å². The predicted molar refractivity (Wildman–Crippen MR) is 109 cm³/mol. The normalized spacial score (nSPS) is 12.0. The van der Waals surface area contributed by atoms with E-state index in [0.29, 0.717) is 12.0 Å². The van der Waals surface area contributed by atoms with Crippen LogP contribution in [0.5, 0.6) is 0 Å². The second-order valence-electron chi connectivity index (χ2n) is 7.55. The van der Waals surface area contributed by atoms with Crippen molar-refractivity contribution in [1.82, 2.24) is 10.6 Å². The maximum absolute atomic E-state index is 12.4. The molecule has 2 N–H and O–H groups in total. The molecule has 0 radical (unpaired) electrons. The molecule has 0 spiro atoms. The van der Waals surface area contributed by atoms with E-state index < -0.39 is 22.7 Å². The molecule has 2 aromatic rings. The Morgan fingerprint density at radius 2 is 1.69 bits per heavy atom. The van der Waals surface area contributed by atoms with Gasteiger partial charge >= 0.3 is 6.09 Å². The van der Waals surface area contributed by atoms with E-state index in [1.807, 2.05) is 30.3 Å². The lowest BCUT2D eigenvalue weighted by molar-refractivity contribution is -0.384. The minimum absolute atomic E-state index is 0.0879. The van der Waals surface area contributed by atoms with Crippen LogP contribution in [0.2, 0.25) is 0 Å². The molecule has 0 bridgehead atoms. The molecule has 8 nitrogen and oxygen atoms in total. The van der Waals surface area contributed by atoms with E-state index in [2.05, 4.69) is 10.6 Å². The van der Waals surface area contributed by atoms with Gasteiger partial charge in [0.15, 0.2) is 0 Å². The smallest absolute Gasteiger partial charge is 0.407 e. The number of non-ortho nitro benzene ring substituents is 1. The van der Waals surface area contributed by atoms with E-state index in [-0.39, 0.29) is 18.1 Å². The molecular weight excluding hydrogens is 374 g/mol. The number of nitrogens with zero attached hydrogens (tertiary/aromatic N) is 1. The summed E-state index contributed by atoms with van der Waals surface area (Å²) < 4.78 is 5.31. The molecule has 2 amide bonds. The number of carbonyl (C=O) groups excluding carboxylic acids is 2. The first-order valence-corrected chi connectivity index (χ1v) is 9.20. The van der Waals surface area contributed by atoms with Crippen molar-refractivity contribution < 1.29 is 19.2 Å². The molecule has 154 valence electrons. The van der Waals surface area contributed by atoms with Crippen LogP contribution in [0.4, 0.5) is 10.5 Å². The van der Waals surface area contributed by atoms with Gasteiger partial charge < -0.3 is 15.4 Å². The Bertz CT molecular complexity index is 845. The van der Waals surface area contributed by atoms with E-state index in [1.54, 1.807) is 20.8 Å². The third-order valence-corrected chi connectivity index (χ3v) is 3.90. The first-order valence-electron chi connectivity index (χ1n) is 9.20. The molecule has 0 heterocycles. The van der Waals surface area contributed by atoms with Crippen molar-refractivity contribution in [2.45, 2.75) is 38.8 Å². The van der Waals surface area contributed by atoms with Gasteiger partial charge in [-0.3, -0.25) is 14.9 Å². The van der Waals surface area contributed by atoms with Gasteiger partial charge in [-0.05, 0) is 44.9 Å². The Morgan fingerprint density at radius 3 is 2.24 bits per heavy atom. The van der Waals surface area contributed by atoms with Gasteiger partial charge in [-0.2, -0.15) is 0 Å². The lowest BCUT2D eigenvalue weighted by atomic mass is 10.1. The largest absolute Gasteiger partial charge is 0.444 e. The van der Waals surface area contributed by atoms with Crippen molar-refractivity contribution in [1.29, 1.82) is 0 Å². The highest BCUT2D eigenvalue weighted by Crippen LogP contribution is 2.12. The zero-order valence-corrected chi connectivity index (χ0v) is 16.7. The van der Waals surface area contributed by atoms with Crippen LogP contribution in [-0.2, 0) is 11.2 Å². The fourth-order valence-corrected chi connectivity index (χ4v) is 2.60. The number of nitrogens with one attached hydrogen (secondary N) is 2. The van der Waals surface area contributed by atoms with Crippen LogP contribution < -0.4 is 10.6 Å². The van der Waals surface area contributed by atoms with Gasteiger partial charge in [0, 0.05) is 24.2 Å². The molecule has 2 aromatic carbocycles. The second-order valence-corrected chi connectivity index (χ2v) is 7.55. The maximum Gasteiger partial charge on any atom is 0.407 e. The predicted octanol–water partition coefficient (Wildman–Crippen LogP) is 3.46. The van der Waals surface area contributed by atoms with Crippen LogP contribution >= 0.6 is 0 Å². The number of nitro groups is 1. The summed E-state index contributed by atoms with van der Waals surface area (Å²) in [6.45, 7) is 5.49. The number of amides is 2. The number of hydrogen-bond donors (Lipinski definition) is 2. The van der Waals surface area contributed by atoms with Gasteiger partial charge in [0.2, 0.25) is 0 Å². The fraction of sp³-hybridized carbons (Fsp3) is 0.333. The number of alkyl carbamates (subject to hydrolysis) is 1. The van der Waals surface area contributed by atoms with Gasteiger partial charge in [0.05, 0.1) is 11.0 Å². The molecular formula is C21H25N3O5. The van der Waals surface area contributed by atoms with Crippen molar-refractivity contribution in [3.63, 3.8) is 0 Å². The highest BCUT2D eigenvalue weighted by molar-refractivity contribution is 5.94. The van der Waals surface area contributed by atoms with Crippen molar-refractivity contribution in [3.8, 4) is 0 Å². The molecule has 0 aromatic heterocycles. The van der Waals surface area contributed by atoms with Crippen molar-refractivity contribution in [2.24, 2.45) is 0 Å². The van der Waals surface area contributed by atoms with Gasteiger partial charge in [0.1, 0.15) is 5.60 Å². The molecule has 0 aliphatic carbocycles. The Balaban J connectivity index is 2.02. The Hall–Kier alpha value is -3.42. The van der Waals surface area contributed by atoms with Crippen LogP contribution in [0.25, 0.3) is 0 Å². The number of ether oxygens (including phenoxy) is 1. The molecule has 0 fully saturated rings. The number of rotatable bonds is 7. The molecule has 0 aliphatic heterocycles. The topological polar surface area (TPSA) is 111 Å². The fourth-order valence-electron chi connectivity index (χ4n) is 2.60. The Morgan fingerprint density at radius 1 is 1.07 bits per heavy atom. The van der Waals surface area contributed by atoms with E-state index in [0.717, 1.165) is 5.56 Å². The summed E-state index contributed by atoms with van der Waals surface area (Å²) in [4.78, 5) is 34.7. The summed E-state index contributed by atoms with van der Waals surface area (Å²) in [5, 5.41) is 16.3. The van der Waals surface area contributed by atoms with E-state index in [4.69, 9.17) is 4.74 Å². The van der Waals surface area contributed by atoms with Crippen molar-refractivity contribution in [2.75, 3.05) is 6.54 Å². The minimum Gasteiger partial charge on any atom is -0.444 e. The maximum atomic E-state index is 12.4. The summed E-state index contributed by atoms with van der Waals surface area (Å²) in [5.41, 5.74) is 0.572. The standard InChI is InChI=1S/C21H25N3O5/c1-21(2,3)29-20(26)23-17(13-15-7-5-4-6-8-15)14-22-19(25)16-9-11-18(12-10-16)24(27)28/h4-12,17H,13-14H2,1-3H3,(H,22,25)(H,23,26)/t17-/m0/s1. The number of benzene rings is 2. The lowest BCUT2D eigenvalue weighted by Crippen LogP contribution is -2.46. The first-order chi connectivity index (χ1) is 13.6. The third-order valence-electron chi connectivity index (χ3n) is 3.90. The SMILES string of the molecule is CC(C)(C)OC(=O)N[C@H](CNC(=O)c1ccc([N+](=O)[O-])cc1)Cc1ccccc1. The molecule has 2 rings (SSSR count). The zero-order chi connectivity index (χ0) is 21.4. The monoisotopic (exact) mass is 399 g/mol. The number of hydrogen-bond acceptors (Lipinski definition) is 5. The molecule has 8 heteroatoms. The van der Waals surface area contributed by atoms with Gasteiger partial charge in [0.25, 0.3) is 11.6 Å². The molecule has 0 unspecified atom stereocenters. The number of carbonyl (C=O) groups is 2. The summed E-state index contributed by atoms with van der Waals surface area (Å²) in [6, 6.07) is 14.5. The molecule has 29 heavy (non-hydrogen) atoms. The van der Waals surface area contributed by atoms with E-state index >= 15 is 0 Å². The second kappa shape index (κ2) is 9.68. The van der Waals surface area contributed by atoms with Crippen LogP contribution in [-0.4, -0.2) is 35.1 Å².